The summed E-state index contributed by atoms with van der Waals surface area (Å²) >= 11 is 0. The molecule has 0 atom stereocenters. The third-order valence-corrected chi connectivity index (χ3v) is 1.74. The van der Waals surface area contributed by atoms with Gasteiger partial charge in [0.05, 0.1) is 19.2 Å². The monoisotopic (exact) mass is 205 g/mol. The Kier molecular flexibility index (Phi) is 4.22. The van der Waals surface area contributed by atoms with Gasteiger partial charge in [-0.25, -0.2) is 0 Å². The molecule has 0 amide bonds. The molecule has 4 nitrogen and oxygen atoms in total. The third kappa shape index (κ3) is 3.72. The van der Waals surface area contributed by atoms with Gasteiger partial charge in [-0.2, -0.15) is 0 Å². The lowest BCUT2D eigenvalue weighted by atomic mass is 10.2. The van der Waals surface area contributed by atoms with Crippen LogP contribution in [0.4, 0.5) is 0 Å². The minimum atomic E-state index is -0.308. The number of carbonyl (C=O) groups excluding carboxylic acids is 2. The third-order valence-electron chi connectivity index (χ3n) is 1.74. The Balaban J connectivity index is 2.63. The van der Waals surface area contributed by atoms with Crippen molar-refractivity contribution in [3.05, 3.63) is 35.7 Å². The number of ether oxygens (including phenoxy) is 1. The van der Waals surface area contributed by atoms with E-state index in [-0.39, 0.29) is 12.4 Å². The first-order valence-electron chi connectivity index (χ1n) is 4.41. The van der Waals surface area contributed by atoms with E-state index in [1.165, 1.54) is 7.11 Å². The van der Waals surface area contributed by atoms with Crippen LogP contribution in [0.5, 0.6) is 0 Å². The van der Waals surface area contributed by atoms with Crippen LogP contribution in [0.3, 0.4) is 0 Å². The highest BCUT2D eigenvalue weighted by atomic mass is 16.5. The van der Waals surface area contributed by atoms with Crippen molar-refractivity contribution in [1.29, 1.82) is 0 Å². The summed E-state index contributed by atoms with van der Waals surface area (Å²) in [7, 11) is 1.33. The molecule has 0 saturated heterocycles. The first-order valence-corrected chi connectivity index (χ1v) is 4.41. The molecule has 78 valence electrons. The highest BCUT2D eigenvalue weighted by molar-refractivity contribution is 5.76. The Morgan fingerprint density at radius 1 is 1.60 bits per heavy atom. The zero-order valence-electron chi connectivity index (χ0n) is 8.34. The summed E-state index contributed by atoms with van der Waals surface area (Å²) in [4.78, 5) is 25.2. The predicted octanol–water partition coefficient (Wildman–Crippen LogP) is 1.47. The second-order valence-corrected chi connectivity index (χ2v) is 2.81. The van der Waals surface area contributed by atoms with Crippen molar-refractivity contribution in [2.75, 3.05) is 7.11 Å². The SMILES string of the molecule is COC(=O)CC=Cc1cc(C=O)ccn1. The summed E-state index contributed by atoms with van der Waals surface area (Å²) in [5.41, 5.74) is 1.20. The van der Waals surface area contributed by atoms with Crippen molar-refractivity contribution < 1.29 is 14.3 Å². The molecule has 0 fully saturated rings. The van der Waals surface area contributed by atoms with Crippen LogP contribution in [-0.4, -0.2) is 24.3 Å². The molecular formula is C11H11NO3. The summed E-state index contributed by atoms with van der Waals surface area (Å²) < 4.78 is 4.47. The second kappa shape index (κ2) is 5.70. The van der Waals surface area contributed by atoms with Gasteiger partial charge in [-0.05, 0) is 18.2 Å². The summed E-state index contributed by atoms with van der Waals surface area (Å²) in [6.45, 7) is 0. The Morgan fingerprint density at radius 3 is 3.07 bits per heavy atom. The number of nitrogens with zero attached hydrogens (tertiary/aromatic N) is 1. The fourth-order valence-corrected chi connectivity index (χ4v) is 0.989. The maximum atomic E-state index is 10.8. The molecule has 0 N–H and O–H groups in total. The van der Waals surface area contributed by atoms with E-state index in [0.717, 1.165) is 6.29 Å². The van der Waals surface area contributed by atoms with Gasteiger partial charge in [-0.15, -0.1) is 0 Å². The summed E-state index contributed by atoms with van der Waals surface area (Å²) in [5.74, 6) is -0.308. The molecule has 0 saturated carbocycles. The normalized spacial score (nSPS) is 10.2. The fraction of sp³-hybridized carbons (Fsp3) is 0.182. The number of hydrogen-bond acceptors (Lipinski definition) is 4. The standard InChI is InChI=1S/C11H11NO3/c1-15-11(14)4-2-3-10-7-9(8-13)5-6-12-10/h2-3,5-8H,4H2,1H3. The van der Waals surface area contributed by atoms with Gasteiger partial charge in [0.2, 0.25) is 0 Å². The first kappa shape index (κ1) is 11.1. The van der Waals surface area contributed by atoms with Gasteiger partial charge in [-0.3, -0.25) is 14.6 Å². The molecule has 4 heteroatoms. The van der Waals surface area contributed by atoms with Crippen LogP contribution in [0, 0.1) is 0 Å². The first-order chi connectivity index (χ1) is 7.26. The number of rotatable bonds is 4. The van der Waals surface area contributed by atoms with Crippen LogP contribution in [0.1, 0.15) is 22.5 Å². The van der Waals surface area contributed by atoms with E-state index in [1.54, 1.807) is 30.5 Å². The molecule has 0 aliphatic heterocycles. The molecule has 0 unspecified atom stereocenters. The van der Waals surface area contributed by atoms with Crippen LogP contribution in [0.15, 0.2) is 24.4 Å². The zero-order valence-corrected chi connectivity index (χ0v) is 8.34. The summed E-state index contributed by atoms with van der Waals surface area (Å²) in [6, 6.07) is 3.26. The Morgan fingerprint density at radius 2 is 2.40 bits per heavy atom. The molecule has 0 aromatic carbocycles. The van der Waals surface area contributed by atoms with Gasteiger partial charge < -0.3 is 4.74 Å². The molecule has 1 aromatic heterocycles. The van der Waals surface area contributed by atoms with Gasteiger partial charge in [0.15, 0.2) is 0 Å². The summed E-state index contributed by atoms with van der Waals surface area (Å²) in [6.07, 6.45) is 5.80. The summed E-state index contributed by atoms with van der Waals surface area (Å²) in [5, 5.41) is 0. The molecule has 1 aromatic rings. The van der Waals surface area contributed by atoms with E-state index in [0.29, 0.717) is 11.3 Å². The van der Waals surface area contributed by atoms with Gasteiger partial charge in [0.1, 0.15) is 6.29 Å². The predicted molar refractivity (Wildman–Crippen MR) is 55.3 cm³/mol. The van der Waals surface area contributed by atoms with Crippen LogP contribution in [0.2, 0.25) is 0 Å². The molecular weight excluding hydrogens is 194 g/mol. The maximum Gasteiger partial charge on any atom is 0.309 e. The van der Waals surface area contributed by atoms with Gasteiger partial charge in [-0.1, -0.05) is 6.08 Å². The molecule has 15 heavy (non-hydrogen) atoms. The number of carbonyl (C=O) groups is 2. The van der Waals surface area contributed by atoms with Crippen LogP contribution >= 0.6 is 0 Å². The number of pyridine rings is 1. The molecule has 0 aliphatic rings. The lowest BCUT2D eigenvalue weighted by Gasteiger charge is -1.94. The fourth-order valence-electron chi connectivity index (χ4n) is 0.989. The number of aromatic nitrogens is 1. The molecule has 0 spiro atoms. The number of hydrogen-bond donors (Lipinski definition) is 0. The molecule has 0 aliphatic carbocycles. The number of methoxy groups -OCH3 is 1. The van der Waals surface area contributed by atoms with E-state index < -0.39 is 0 Å². The van der Waals surface area contributed by atoms with Crippen LogP contribution in [0.25, 0.3) is 6.08 Å². The van der Waals surface area contributed by atoms with Crippen molar-refractivity contribution in [2.45, 2.75) is 6.42 Å². The van der Waals surface area contributed by atoms with Gasteiger partial charge >= 0.3 is 5.97 Å². The van der Waals surface area contributed by atoms with E-state index in [2.05, 4.69) is 9.72 Å². The topological polar surface area (TPSA) is 56.3 Å². The van der Waals surface area contributed by atoms with Crippen molar-refractivity contribution in [3.63, 3.8) is 0 Å². The number of aldehydes is 1. The van der Waals surface area contributed by atoms with E-state index >= 15 is 0 Å². The zero-order chi connectivity index (χ0) is 11.1. The van der Waals surface area contributed by atoms with Crippen molar-refractivity contribution in [1.82, 2.24) is 4.98 Å². The van der Waals surface area contributed by atoms with Crippen molar-refractivity contribution >= 4 is 18.3 Å². The lowest BCUT2D eigenvalue weighted by molar-refractivity contribution is -0.139. The van der Waals surface area contributed by atoms with E-state index in [9.17, 15) is 9.59 Å². The maximum absolute atomic E-state index is 10.8. The van der Waals surface area contributed by atoms with Gasteiger partial charge in [0.25, 0.3) is 0 Å². The number of esters is 1. The van der Waals surface area contributed by atoms with Crippen LogP contribution < -0.4 is 0 Å². The molecule has 1 heterocycles. The second-order valence-electron chi connectivity index (χ2n) is 2.81. The Hall–Kier alpha value is -1.97. The highest BCUT2D eigenvalue weighted by Crippen LogP contribution is 2.02. The van der Waals surface area contributed by atoms with Gasteiger partial charge in [0, 0.05) is 11.8 Å². The smallest absolute Gasteiger partial charge is 0.309 e. The Labute approximate surface area is 87.6 Å². The average molecular weight is 205 g/mol. The van der Waals surface area contributed by atoms with Crippen molar-refractivity contribution in [3.8, 4) is 0 Å². The van der Waals surface area contributed by atoms with Crippen LogP contribution in [-0.2, 0) is 9.53 Å². The largest absolute Gasteiger partial charge is 0.469 e. The Bertz CT molecular complexity index is 385. The quantitative estimate of drug-likeness (QED) is 0.551. The molecule has 1 rings (SSSR count). The average Bonchev–Trinajstić information content (AvgIpc) is 2.29. The minimum Gasteiger partial charge on any atom is -0.469 e. The van der Waals surface area contributed by atoms with Crippen molar-refractivity contribution in [2.24, 2.45) is 0 Å². The molecule has 0 bridgehead atoms. The minimum absolute atomic E-state index is 0.198. The lowest BCUT2D eigenvalue weighted by Crippen LogP contribution is -1.96. The molecule has 0 radical (unpaired) electrons. The van der Waals surface area contributed by atoms with E-state index in [1.807, 2.05) is 0 Å². The van der Waals surface area contributed by atoms with E-state index in [4.69, 9.17) is 0 Å². The highest BCUT2D eigenvalue weighted by Gasteiger charge is 1.95.